The van der Waals surface area contributed by atoms with Gasteiger partial charge in [-0.25, -0.2) is 0 Å². The fourth-order valence-corrected chi connectivity index (χ4v) is 0.624. The molecule has 4 nitrogen and oxygen atoms in total. The zero-order valence-corrected chi connectivity index (χ0v) is 4.91. The summed E-state index contributed by atoms with van der Waals surface area (Å²) in [6, 6.07) is 1.77. The first-order chi connectivity index (χ1) is 4.29. The second-order valence-electron chi connectivity index (χ2n) is 1.85. The van der Waals surface area contributed by atoms with Gasteiger partial charge >= 0.3 is 0 Å². The van der Waals surface area contributed by atoms with E-state index in [1.807, 2.05) is 0 Å². The summed E-state index contributed by atoms with van der Waals surface area (Å²) in [6.07, 6.45) is 1.27. The molecule has 0 fully saturated rings. The molecule has 4 heteroatoms. The molecule has 9 heavy (non-hydrogen) atoms. The Labute approximate surface area is 52.7 Å². The molecule has 1 aromatic rings. The van der Waals surface area contributed by atoms with Gasteiger partial charge in [0.2, 0.25) is 0 Å². The summed E-state index contributed by atoms with van der Waals surface area (Å²) < 4.78 is 0. The highest BCUT2D eigenvalue weighted by molar-refractivity contribution is 4.97. The molecule has 1 rings (SSSR count). The zero-order valence-electron chi connectivity index (χ0n) is 4.91. The summed E-state index contributed by atoms with van der Waals surface area (Å²) in [7, 11) is 0. The van der Waals surface area contributed by atoms with Crippen LogP contribution in [0.4, 0.5) is 0 Å². The van der Waals surface area contributed by atoms with Gasteiger partial charge in [-0.15, -0.1) is 0 Å². The van der Waals surface area contributed by atoms with Crippen LogP contribution in [0.3, 0.4) is 0 Å². The fourth-order valence-electron chi connectivity index (χ4n) is 0.624. The topological polar surface area (TPSA) is 74.9 Å². The lowest BCUT2D eigenvalue weighted by atomic mass is 10.3. The van der Waals surface area contributed by atoms with Gasteiger partial charge in [-0.2, -0.15) is 5.10 Å². The highest BCUT2D eigenvalue weighted by atomic mass is 16.3. The molecule has 0 spiro atoms. The number of nitrogens with zero attached hydrogens (tertiary/aromatic N) is 1. The molecule has 0 radical (unpaired) electrons. The number of hydrogen-bond acceptors (Lipinski definition) is 3. The molecule has 1 aromatic heterocycles. The maximum absolute atomic E-state index is 8.65. The molecule has 0 amide bonds. The Morgan fingerprint density at radius 3 is 3.11 bits per heavy atom. The summed E-state index contributed by atoms with van der Waals surface area (Å²) in [6.45, 7) is 0. The number of H-pyrrole nitrogens is 1. The summed E-state index contributed by atoms with van der Waals surface area (Å²) in [4.78, 5) is 0. The van der Waals surface area contributed by atoms with Gasteiger partial charge in [0.05, 0.1) is 0 Å². The van der Waals surface area contributed by atoms with Crippen LogP contribution in [0.15, 0.2) is 12.3 Å². The van der Waals surface area contributed by atoms with Crippen LogP contribution in [0, 0.1) is 0 Å². The normalized spacial score (nSPS) is 13.6. The number of aromatic amines is 1. The molecule has 0 saturated heterocycles. The highest BCUT2D eigenvalue weighted by Crippen LogP contribution is 1.92. The molecule has 0 aromatic carbocycles. The van der Waals surface area contributed by atoms with E-state index >= 15 is 0 Å². The van der Waals surface area contributed by atoms with E-state index in [1.165, 1.54) is 0 Å². The molecule has 1 atom stereocenters. The maximum atomic E-state index is 8.65. The Bertz CT molecular complexity index is 159. The molecule has 4 N–H and O–H groups in total. The van der Waals surface area contributed by atoms with Crippen molar-refractivity contribution >= 4 is 0 Å². The second-order valence-corrected chi connectivity index (χ2v) is 1.85. The Morgan fingerprint density at radius 1 is 1.89 bits per heavy atom. The molecule has 0 aliphatic rings. The lowest BCUT2D eigenvalue weighted by Gasteiger charge is -1.98. The summed E-state index contributed by atoms with van der Waals surface area (Å²) in [5, 5.41) is 15.0. The standard InChI is InChI=1S/C5H9N3O/c6-5(9)3-4-1-2-7-8-4/h1-2,5,9H,3,6H2,(H,7,8). The number of nitrogens with one attached hydrogen (secondary N) is 1. The first-order valence-corrected chi connectivity index (χ1v) is 2.71. The third-order valence-corrected chi connectivity index (χ3v) is 0.987. The smallest absolute Gasteiger partial charge is 0.107 e. The molecule has 0 saturated carbocycles. The average molecular weight is 127 g/mol. The monoisotopic (exact) mass is 127 g/mol. The van der Waals surface area contributed by atoms with E-state index in [9.17, 15) is 0 Å². The molecular formula is C5H9N3O. The van der Waals surface area contributed by atoms with Gasteiger partial charge in [0.25, 0.3) is 0 Å². The van der Waals surface area contributed by atoms with Crippen LogP contribution in [0.1, 0.15) is 5.69 Å². The number of aliphatic hydroxyl groups is 1. The molecule has 50 valence electrons. The minimum absolute atomic E-state index is 0.431. The SMILES string of the molecule is NC(O)Cc1ccn[nH]1. The Kier molecular flexibility index (Phi) is 1.81. The maximum Gasteiger partial charge on any atom is 0.107 e. The van der Waals surface area contributed by atoms with E-state index in [0.29, 0.717) is 6.42 Å². The van der Waals surface area contributed by atoms with Crippen LogP contribution in [-0.4, -0.2) is 21.5 Å². The summed E-state index contributed by atoms with van der Waals surface area (Å²) >= 11 is 0. The quantitative estimate of drug-likeness (QED) is 0.456. The van der Waals surface area contributed by atoms with Crippen LogP contribution in [0.5, 0.6) is 0 Å². The fraction of sp³-hybridized carbons (Fsp3) is 0.400. The number of aliphatic hydroxyl groups excluding tert-OH is 1. The van der Waals surface area contributed by atoms with Crippen LogP contribution in [0.2, 0.25) is 0 Å². The van der Waals surface area contributed by atoms with E-state index < -0.39 is 6.23 Å². The average Bonchev–Trinajstić information content (AvgIpc) is 2.15. The van der Waals surface area contributed by atoms with Crippen molar-refractivity contribution < 1.29 is 5.11 Å². The van der Waals surface area contributed by atoms with Crippen molar-refractivity contribution in [2.45, 2.75) is 12.6 Å². The molecule has 0 aliphatic carbocycles. The van der Waals surface area contributed by atoms with E-state index in [0.717, 1.165) is 5.69 Å². The molecule has 1 heterocycles. The van der Waals surface area contributed by atoms with E-state index in [2.05, 4.69) is 10.2 Å². The zero-order chi connectivity index (χ0) is 6.69. The molecule has 0 aliphatic heterocycles. The summed E-state index contributed by atoms with van der Waals surface area (Å²) in [5.41, 5.74) is 5.94. The number of hydrogen-bond donors (Lipinski definition) is 3. The predicted octanol–water partition coefficient (Wildman–Crippen LogP) is -0.771. The van der Waals surface area contributed by atoms with Crippen molar-refractivity contribution in [3.63, 3.8) is 0 Å². The van der Waals surface area contributed by atoms with Crippen molar-refractivity contribution in [2.24, 2.45) is 5.73 Å². The van der Waals surface area contributed by atoms with Gasteiger partial charge in [-0.1, -0.05) is 0 Å². The Hall–Kier alpha value is -0.870. The van der Waals surface area contributed by atoms with Crippen molar-refractivity contribution in [1.29, 1.82) is 0 Å². The summed E-state index contributed by atoms with van der Waals surface area (Å²) in [5.74, 6) is 0. The first kappa shape index (κ1) is 6.25. The van der Waals surface area contributed by atoms with E-state index in [1.54, 1.807) is 12.3 Å². The Balaban J connectivity index is 2.48. The van der Waals surface area contributed by atoms with E-state index in [4.69, 9.17) is 10.8 Å². The van der Waals surface area contributed by atoms with Gasteiger partial charge < -0.3 is 10.8 Å². The minimum atomic E-state index is -0.787. The van der Waals surface area contributed by atoms with Crippen LogP contribution in [-0.2, 0) is 6.42 Å². The molecule has 0 bridgehead atoms. The third-order valence-electron chi connectivity index (χ3n) is 0.987. The van der Waals surface area contributed by atoms with Gasteiger partial charge in [0.1, 0.15) is 6.23 Å². The number of rotatable bonds is 2. The van der Waals surface area contributed by atoms with Crippen LogP contribution in [0.25, 0.3) is 0 Å². The minimum Gasteiger partial charge on any atom is -0.378 e. The van der Waals surface area contributed by atoms with Crippen LogP contribution >= 0.6 is 0 Å². The Morgan fingerprint density at radius 2 is 2.67 bits per heavy atom. The van der Waals surface area contributed by atoms with Crippen LogP contribution < -0.4 is 5.73 Å². The number of aromatic nitrogens is 2. The lowest BCUT2D eigenvalue weighted by molar-refractivity contribution is 0.181. The molecular weight excluding hydrogens is 118 g/mol. The van der Waals surface area contributed by atoms with Gasteiger partial charge in [0.15, 0.2) is 0 Å². The van der Waals surface area contributed by atoms with Gasteiger partial charge in [-0.3, -0.25) is 5.10 Å². The lowest BCUT2D eigenvalue weighted by Crippen LogP contribution is -2.21. The molecule has 1 unspecified atom stereocenters. The second kappa shape index (κ2) is 2.61. The van der Waals surface area contributed by atoms with Crippen molar-refractivity contribution in [2.75, 3.05) is 0 Å². The van der Waals surface area contributed by atoms with Gasteiger partial charge in [0, 0.05) is 18.3 Å². The van der Waals surface area contributed by atoms with Crippen molar-refractivity contribution in [3.8, 4) is 0 Å². The van der Waals surface area contributed by atoms with E-state index in [-0.39, 0.29) is 0 Å². The third kappa shape index (κ3) is 1.83. The first-order valence-electron chi connectivity index (χ1n) is 2.71. The van der Waals surface area contributed by atoms with Gasteiger partial charge in [-0.05, 0) is 6.07 Å². The van der Waals surface area contributed by atoms with Crippen molar-refractivity contribution in [3.05, 3.63) is 18.0 Å². The predicted molar refractivity (Wildman–Crippen MR) is 32.5 cm³/mol. The number of nitrogens with two attached hydrogens (primary N) is 1. The van der Waals surface area contributed by atoms with Crippen molar-refractivity contribution in [1.82, 2.24) is 10.2 Å². The largest absolute Gasteiger partial charge is 0.378 e. The highest BCUT2D eigenvalue weighted by Gasteiger charge is 1.97.